The highest BCUT2D eigenvalue weighted by molar-refractivity contribution is 6.32. The molecule has 21 heavy (non-hydrogen) atoms. The van der Waals surface area contributed by atoms with Crippen LogP contribution in [0.25, 0.3) is 0 Å². The molecule has 0 amide bonds. The van der Waals surface area contributed by atoms with Crippen molar-refractivity contribution in [2.75, 3.05) is 18.5 Å². The third-order valence-electron chi connectivity index (χ3n) is 3.77. The number of rotatable bonds is 5. The molecular formula is C14H22ClN3O3. The van der Waals surface area contributed by atoms with Crippen LogP contribution < -0.4 is 10.9 Å². The predicted octanol–water partition coefficient (Wildman–Crippen LogP) is 1.50. The second-order valence-corrected chi connectivity index (χ2v) is 6.35. The van der Waals surface area contributed by atoms with Crippen LogP contribution in [0.3, 0.4) is 0 Å². The van der Waals surface area contributed by atoms with Gasteiger partial charge in [-0.25, -0.2) is 4.68 Å². The molecule has 118 valence electrons. The summed E-state index contributed by atoms with van der Waals surface area (Å²) >= 11 is 6.10. The van der Waals surface area contributed by atoms with E-state index in [1.54, 1.807) is 0 Å². The van der Waals surface area contributed by atoms with Gasteiger partial charge in [0.15, 0.2) is 0 Å². The maximum absolute atomic E-state index is 12.1. The topological polar surface area (TPSA) is 76.4 Å². The van der Waals surface area contributed by atoms with Gasteiger partial charge in [-0.1, -0.05) is 25.4 Å². The van der Waals surface area contributed by atoms with Gasteiger partial charge in [0.2, 0.25) is 0 Å². The van der Waals surface area contributed by atoms with Crippen molar-refractivity contribution in [2.45, 2.75) is 45.4 Å². The van der Waals surface area contributed by atoms with Gasteiger partial charge in [0.25, 0.3) is 5.56 Å². The lowest BCUT2D eigenvalue weighted by atomic mass is 9.97. The van der Waals surface area contributed by atoms with Gasteiger partial charge in [-0.05, 0) is 12.8 Å². The van der Waals surface area contributed by atoms with Crippen LogP contribution in [0, 0.1) is 5.92 Å². The third-order valence-corrected chi connectivity index (χ3v) is 4.13. The predicted molar refractivity (Wildman–Crippen MR) is 81.8 cm³/mol. The van der Waals surface area contributed by atoms with Crippen LogP contribution in [-0.4, -0.2) is 39.7 Å². The highest BCUT2D eigenvalue weighted by Gasteiger charge is 2.39. The minimum absolute atomic E-state index is 0.0980. The van der Waals surface area contributed by atoms with Crippen molar-refractivity contribution in [2.24, 2.45) is 5.92 Å². The second kappa shape index (κ2) is 6.34. The Balaban J connectivity index is 2.11. The Morgan fingerprint density at radius 3 is 2.95 bits per heavy atom. The maximum atomic E-state index is 12.1. The van der Waals surface area contributed by atoms with Crippen LogP contribution in [-0.2, 0) is 11.3 Å². The van der Waals surface area contributed by atoms with E-state index >= 15 is 0 Å². The zero-order valence-electron chi connectivity index (χ0n) is 12.6. The van der Waals surface area contributed by atoms with Gasteiger partial charge in [-0.2, -0.15) is 5.10 Å². The molecule has 1 saturated heterocycles. The highest BCUT2D eigenvalue weighted by Crippen LogP contribution is 2.26. The molecule has 1 fully saturated rings. The van der Waals surface area contributed by atoms with E-state index in [4.69, 9.17) is 16.3 Å². The summed E-state index contributed by atoms with van der Waals surface area (Å²) in [5.41, 5.74) is -0.830. The Morgan fingerprint density at radius 1 is 1.67 bits per heavy atom. The molecule has 1 aliphatic heterocycles. The number of aliphatic hydroxyl groups is 1. The molecule has 1 aromatic rings. The number of aromatic nitrogens is 2. The van der Waals surface area contributed by atoms with E-state index in [1.807, 2.05) is 20.8 Å². The summed E-state index contributed by atoms with van der Waals surface area (Å²) < 4.78 is 6.72. The van der Waals surface area contributed by atoms with Gasteiger partial charge < -0.3 is 15.2 Å². The van der Waals surface area contributed by atoms with Crippen molar-refractivity contribution in [3.05, 3.63) is 21.6 Å². The fraction of sp³-hybridized carbons (Fsp3) is 0.714. The van der Waals surface area contributed by atoms with Crippen LogP contribution in [0.15, 0.2) is 11.0 Å². The second-order valence-electron chi connectivity index (χ2n) is 5.97. The van der Waals surface area contributed by atoms with E-state index in [-0.39, 0.29) is 23.2 Å². The molecule has 0 aromatic carbocycles. The van der Waals surface area contributed by atoms with Gasteiger partial charge >= 0.3 is 0 Å². The molecule has 2 rings (SSSR count). The lowest BCUT2D eigenvalue weighted by molar-refractivity contribution is -0.0176. The first-order valence-corrected chi connectivity index (χ1v) is 7.55. The van der Waals surface area contributed by atoms with Gasteiger partial charge in [0.05, 0.1) is 18.0 Å². The number of anilines is 1. The first-order chi connectivity index (χ1) is 9.83. The van der Waals surface area contributed by atoms with Gasteiger partial charge in [0.1, 0.15) is 10.6 Å². The van der Waals surface area contributed by atoms with E-state index in [1.165, 1.54) is 10.9 Å². The van der Waals surface area contributed by atoms with E-state index in [9.17, 15) is 9.90 Å². The minimum atomic E-state index is -0.948. The van der Waals surface area contributed by atoms with Crippen LogP contribution in [0.1, 0.15) is 27.2 Å². The molecule has 1 aliphatic rings. The Morgan fingerprint density at radius 2 is 2.38 bits per heavy atom. The lowest BCUT2D eigenvalue weighted by Gasteiger charge is -2.26. The molecule has 7 heteroatoms. The smallest absolute Gasteiger partial charge is 0.287 e. The van der Waals surface area contributed by atoms with E-state index in [0.29, 0.717) is 31.2 Å². The Hall–Kier alpha value is -1.11. The summed E-state index contributed by atoms with van der Waals surface area (Å²) in [5, 5.41) is 17.6. The number of nitrogens with zero attached hydrogens (tertiary/aromatic N) is 2. The molecule has 2 heterocycles. The summed E-state index contributed by atoms with van der Waals surface area (Å²) in [6.07, 6.45) is 1.82. The SMILES string of the molecule is CC(C)Cn1ncc(NCC2(O)CCOC2C)c(Cl)c1=O. The van der Waals surface area contributed by atoms with E-state index < -0.39 is 5.60 Å². The zero-order valence-corrected chi connectivity index (χ0v) is 13.4. The largest absolute Gasteiger partial charge is 0.385 e. The van der Waals surface area contributed by atoms with Crippen LogP contribution in [0.5, 0.6) is 0 Å². The summed E-state index contributed by atoms with van der Waals surface area (Å²) in [7, 11) is 0. The Labute approximate surface area is 129 Å². The average Bonchev–Trinajstić information content (AvgIpc) is 2.74. The van der Waals surface area contributed by atoms with E-state index in [2.05, 4.69) is 10.4 Å². The molecule has 2 atom stereocenters. The van der Waals surface area contributed by atoms with Crippen molar-refractivity contribution in [3.63, 3.8) is 0 Å². The quantitative estimate of drug-likeness (QED) is 0.861. The highest BCUT2D eigenvalue weighted by atomic mass is 35.5. The molecule has 2 unspecified atom stereocenters. The monoisotopic (exact) mass is 315 g/mol. The van der Waals surface area contributed by atoms with Gasteiger partial charge in [-0.15, -0.1) is 0 Å². The summed E-state index contributed by atoms with van der Waals surface area (Å²) in [6.45, 7) is 7.16. The fourth-order valence-electron chi connectivity index (χ4n) is 2.32. The number of hydrogen-bond acceptors (Lipinski definition) is 5. The zero-order chi connectivity index (χ0) is 15.6. The van der Waals surface area contributed by atoms with Crippen LogP contribution in [0.2, 0.25) is 5.02 Å². The van der Waals surface area contributed by atoms with Crippen molar-refractivity contribution in [1.29, 1.82) is 0 Å². The normalized spacial score (nSPS) is 25.5. The molecule has 0 saturated carbocycles. The molecule has 1 aromatic heterocycles. The number of nitrogens with one attached hydrogen (secondary N) is 1. The number of halogens is 1. The summed E-state index contributed by atoms with van der Waals surface area (Å²) in [4.78, 5) is 12.1. The third kappa shape index (κ3) is 3.56. The Kier molecular flexibility index (Phi) is 4.91. The van der Waals surface area contributed by atoms with Gasteiger partial charge in [-0.3, -0.25) is 4.79 Å². The van der Waals surface area contributed by atoms with Crippen molar-refractivity contribution in [3.8, 4) is 0 Å². The fourth-order valence-corrected chi connectivity index (χ4v) is 2.53. The van der Waals surface area contributed by atoms with Crippen LogP contribution in [0.4, 0.5) is 5.69 Å². The Bertz CT molecular complexity index is 561. The minimum Gasteiger partial charge on any atom is -0.385 e. The number of ether oxygens (including phenoxy) is 1. The standard InChI is InChI=1S/C14H22ClN3O3/c1-9(2)7-18-13(19)12(15)11(6-17-18)16-8-14(20)4-5-21-10(14)3/h6,9-10,16,20H,4-5,7-8H2,1-3H3. The lowest BCUT2D eigenvalue weighted by Crippen LogP contribution is -2.43. The van der Waals surface area contributed by atoms with Crippen molar-refractivity contribution < 1.29 is 9.84 Å². The molecule has 0 spiro atoms. The molecule has 0 aliphatic carbocycles. The molecule has 2 N–H and O–H groups in total. The summed E-state index contributed by atoms with van der Waals surface area (Å²) in [5.74, 6) is 0.308. The molecular weight excluding hydrogens is 294 g/mol. The first kappa shape index (κ1) is 16.3. The average molecular weight is 316 g/mol. The van der Waals surface area contributed by atoms with Crippen molar-refractivity contribution in [1.82, 2.24) is 9.78 Å². The maximum Gasteiger partial charge on any atom is 0.287 e. The summed E-state index contributed by atoms with van der Waals surface area (Å²) in [6, 6.07) is 0. The number of hydrogen-bond donors (Lipinski definition) is 2. The van der Waals surface area contributed by atoms with Crippen LogP contribution >= 0.6 is 11.6 Å². The van der Waals surface area contributed by atoms with Crippen molar-refractivity contribution >= 4 is 17.3 Å². The van der Waals surface area contributed by atoms with E-state index in [0.717, 1.165) is 0 Å². The molecule has 6 nitrogen and oxygen atoms in total. The molecule has 0 bridgehead atoms. The molecule has 0 radical (unpaired) electrons. The first-order valence-electron chi connectivity index (χ1n) is 7.17. The van der Waals surface area contributed by atoms with Gasteiger partial charge in [0, 0.05) is 26.1 Å².